The first-order valence-electron chi connectivity index (χ1n) is 6.35. The van der Waals surface area contributed by atoms with Crippen LogP contribution in [0.4, 0.5) is 5.13 Å². The number of imidazole rings is 1. The molecule has 0 saturated heterocycles. The molecule has 0 radical (unpaired) electrons. The molecule has 0 aliphatic carbocycles. The fourth-order valence-corrected chi connectivity index (χ4v) is 3.36. The fraction of sp³-hybridized carbons (Fsp3) is 0.500. The summed E-state index contributed by atoms with van der Waals surface area (Å²) in [6.07, 6.45) is 3.03. The number of carbonyl (C=O) groups excluding carboxylic acids is 1. The van der Waals surface area contributed by atoms with E-state index >= 15 is 0 Å². The van der Waals surface area contributed by atoms with Gasteiger partial charge in [-0.1, -0.05) is 23.1 Å². The summed E-state index contributed by atoms with van der Waals surface area (Å²) >= 11 is 4.56. The Bertz CT molecular complexity index is 616. The highest BCUT2D eigenvalue weighted by Crippen LogP contribution is 2.19. The number of aromatic amines is 1. The Morgan fingerprint density at radius 2 is 2.14 bits per heavy atom. The van der Waals surface area contributed by atoms with Gasteiger partial charge in [0.05, 0.1) is 11.4 Å². The third kappa shape index (κ3) is 5.79. The molecule has 2 heterocycles. The zero-order valence-electron chi connectivity index (χ0n) is 12.5. The monoisotopic (exact) mass is 379 g/mol. The molecule has 0 unspecified atom stereocenters. The Morgan fingerprint density at radius 1 is 1.36 bits per heavy atom. The number of H-pyrrole nitrogens is 1. The minimum Gasteiger partial charge on any atom is -0.337 e. The van der Waals surface area contributed by atoms with Crippen molar-refractivity contribution in [1.82, 2.24) is 20.2 Å². The van der Waals surface area contributed by atoms with E-state index in [1.165, 1.54) is 23.1 Å². The molecule has 0 atom stereocenters. The molecule has 0 fully saturated rings. The lowest BCUT2D eigenvalue weighted by Gasteiger charge is -1.98. The van der Waals surface area contributed by atoms with Crippen molar-refractivity contribution in [2.24, 2.45) is 0 Å². The standard InChI is InChI=1S/C12H17N5OS3.ClH/c1-7-9(4-5-19-3)14-11(13-7)20-6-10(18)15-12-17-16-8(2)21-12;/h4-6H2,1-3H3,(H,13,14)(H,15,17,18);1H. The SMILES string of the molecule is CSCCc1nc(SCC(=O)Nc2nnc(C)s2)[nH]c1C.Cl. The van der Waals surface area contributed by atoms with Gasteiger partial charge in [0.15, 0.2) is 5.16 Å². The lowest BCUT2D eigenvalue weighted by Crippen LogP contribution is -2.13. The molecule has 122 valence electrons. The molecule has 0 aliphatic heterocycles. The molecule has 0 aromatic carbocycles. The maximum atomic E-state index is 11.8. The largest absolute Gasteiger partial charge is 0.337 e. The quantitative estimate of drug-likeness (QED) is 0.719. The predicted molar refractivity (Wildman–Crippen MR) is 96.7 cm³/mol. The van der Waals surface area contributed by atoms with Crippen LogP contribution in [0.5, 0.6) is 0 Å². The van der Waals surface area contributed by atoms with E-state index < -0.39 is 0 Å². The maximum absolute atomic E-state index is 11.8. The Hall–Kier alpha value is -0.770. The van der Waals surface area contributed by atoms with Crippen molar-refractivity contribution in [1.29, 1.82) is 0 Å². The van der Waals surface area contributed by atoms with Gasteiger partial charge in [-0.15, -0.1) is 22.6 Å². The van der Waals surface area contributed by atoms with Crippen molar-refractivity contribution >= 4 is 58.3 Å². The van der Waals surface area contributed by atoms with Crippen LogP contribution in [0.1, 0.15) is 16.4 Å². The van der Waals surface area contributed by atoms with Gasteiger partial charge in [0.25, 0.3) is 0 Å². The first kappa shape index (κ1) is 19.3. The minimum absolute atomic E-state index is 0. The zero-order valence-corrected chi connectivity index (χ0v) is 15.8. The van der Waals surface area contributed by atoms with Gasteiger partial charge in [-0.2, -0.15) is 11.8 Å². The highest BCUT2D eigenvalue weighted by molar-refractivity contribution is 7.99. The molecule has 10 heteroatoms. The number of aryl methyl sites for hydroxylation is 3. The molecule has 1 amide bonds. The number of amides is 1. The molecule has 0 saturated carbocycles. The predicted octanol–water partition coefficient (Wildman–Crippen LogP) is 2.94. The average Bonchev–Trinajstić information content (AvgIpc) is 3.00. The number of thioether (sulfide) groups is 2. The van der Waals surface area contributed by atoms with Crippen molar-refractivity contribution in [2.45, 2.75) is 25.4 Å². The molecule has 22 heavy (non-hydrogen) atoms. The van der Waals surface area contributed by atoms with Crippen molar-refractivity contribution in [3.05, 3.63) is 16.4 Å². The molecule has 0 bridgehead atoms. The molecular formula is C12H18ClN5OS3. The van der Waals surface area contributed by atoms with Gasteiger partial charge in [0.2, 0.25) is 11.0 Å². The average molecular weight is 380 g/mol. The second-order valence-corrected chi connectivity index (χ2v) is 7.45. The summed E-state index contributed by atoms with van der Waals surface area (Å²) in [4.78, 5) is 19.6. The Morgan fingerprint density at radius 3 is 2.77 bits per heavy atom. The molecule has 2 aromatic heterocycles. The van der Waals surface area contributed by atoms with Gasteiger partial charge in [0.1, 0.15) is 5.01 Å². The van der Waals surface area contributed by atoms with Crippen LogP contribution >= 0.6 is 47.3 Å². The smallest absolute Gasteiger partial charge is 0.236 e. The number of aromatic nitrogens is 4. The van der Waals surface area contributed by atoms with Crippen LogP contribution in [-0.4, -0.2) is 43.8 Å². The van der Waals surface area contributed by atoms with Gasteiger partial charge >= 0.3 is 0 Å². The van der Waals surface area contributed by atoms with Crippen LogP contribution in [0.2, 0.25) is 0 Å². The molecule has 2 aromatic rings. The first-order chi connectivity index (χ1) is 10.1. The molecule has 6 nitrogen and oxygen atoms in total. The molecular weight excluding hydrogens is 362 g/mol. The van der Waals surface area contributed by atoms with Gasteiger partial charge < -0.3 is 4.98 Å². The van der Waals surface area contributed by atoms with Crippen LogP contribution in [0.15, 0.2) is 5.16 Å². The second kappa shape index (κ2) is 9.39. The summed E-state index contributed by atoms with van der Waals surface area (Å²) in [6, 6.07) is 0. The summed E-state index contributed by atoms with van der Waals surface area (Å²) in [5.74, 6) is 1.25. The van der Waals surface area contributed by atoms with Crippen LogP contribution in [0, 0.1) is 13.8 Å². The number of hydrogen-bond acceptors (Lipinski definition) is 7. The highest BCUT2D eigenvalue weighted by atomic mass is 35.5. The van der Waals surface area contributed by atoms with Gasteiger partial charge in [-0.25, -0.2) is 4.98 Å². The zero-order chi connectivity index (χ0) is 15.2. The van der Waals surface area contributed by atoms with Crippen LogP contribution in [-0.2, 0) is 11.2 Å². The van der Waals surface area contributed by atoms with Crippen molar-refractivity contribution in [2.75, 3.05) is 23.1 Å². The summed E-state index contributed by atoms with van der Waals surface area (Å²) in [7, 11) is 0. The number of carbonyl (C=O) groups is 1. The van der Waals surface area contributed by atoms with E-state index in [-0.39, 0.29) is 18.3 Å². The number of rotatable bonds is 7. The van der Waals surface area contributed by atoms with E-state index in [1.54, 1.807) is 11.8 Å². The normalized spacial score (nSPS) is 10.3. The van der Waals surface area contributed by atoms with Crippen molar-refractivity contribution in [3.63, 3.8) is 0 Å². The van der Waals surface area contributed by atoms with Crippen molar-refractivity contribution < 1.29 is 4.79 Å². The van der Waals surface area contributed by atoms with Gasteiger partial charge in [0, 0.05) is 12.1 Å². The molecule has 0 spiro atoms. The lowest BCUT2D eigenvalue weighted by atomic mass is 10.3. The van der Waals surface area contributed by atoms with E-state index in [0.717, 1.165) is 33.7 Å². The lowest BCUT2D eigenvalue weighted by molar-refractivity contribution is -0.113. The number of nitrogens with one attached hydrogen (secondary N) is 2. The third-order valence-electron chi connectivity index (χ3n) is 2.62. The number of hydrogen-bond donors (Lipinski definition) is 2. The molecule has 2 rings (SSSR count). The van der Waals surface area contributed by atoms with Crippen LogP contribution in [0.3, 0.4) is 0 Å². The summed E-state index contributed by atoms with van der Waals surface area (Å²) < 4.78 is 0. The van der Waals surface area contributed by atoms with E-state index in [2.05, 4.69) is 31.7 Å². The van der Waals surface area contributed by atoms with E-state index in [4.69, 9.17) is 0 Å². The number of anilines is 1. The third-order valence-corrected chi connectivity index (χ3v) is 4.86. The van der Waals surface area contributed by atoms with Gasteiger partial charge in [-0.3, -0.25) is 10.1 Å². The van der Waals surface area contributed by atoms with E-state index in [9.17, 15) is 4.79 Å². The minimum atomic E-state index is -0.101. The molecule has 2 N–H and O–H groups in total. The maximum Gasteiger partial charge on any atom is 0.236 e. The second-order valence-electron chi connectivity index (χ2n) is 4.32. The van der Waals surface area contributed by atoms with E-state index in [0.29, 0.717) is 10.9 Å². The Kier molecular flexibility index (Phi) is 8.23. The van der Waals surface area contributed by atoms with Crippen LogP contribution in [0.25, 0.3) is 0 Å². The Balaban J connectivity index is 0.00000242. The topological polar surface area (TPSA) is 83.6 Å². The molecule has 0 aliphatic rings. The van der Waals surface area contributed by atoms with E-state index in [1.807, 2.05) is 13.8 Å². The first-order valence-corrected chi connectivity index (χ1v) is 9.55. The summed E-state index contributed by atoms with van der Waals surface area (Å²) in [5.41, 5.74) is 2.15. The fourth-order valence-electron chi connectivity index (χ4n) is 1.61. The van der Waals surface area contributed by atoms with Crippen LogP contribution < -0.4 is 5.32 Å². The van der Waals surface area contributed by atoms with Gasteiger partial charge in [-0.05, 0) is 25.9 Å². The van der Waals surface area contributed by atoms with Crippen molar-refractivity contribution in [3.8, 4) is 0 Å². The summed E-state index contributed by atoms with van der Waals surface area (Å²) in [5, 5.41) is 12.6. The number of halogens is 1. The summed E-state index contributed by atoms with van der Waals surface area (Å²) in [6.45, 7) is 3.86. The number of nitrogens with zero attached hydrogens (tertiary/aromatic N) is 3. The Labute approximate surface area is 148 Å². The highest BCUT2D eigenvalue weighted by Gasteiger charge is 2.11.